The number of amides is 1. The number of ether oxygens (including phenoxy) is 2. The molecule has 0 spiro atoms. The third kappa shape index (κ3) is 4.04. The summed E-state index contributed by atoms with van der Waals surface area (Å²) in [6, 6.07) is 11.7. The zero-order valence-corrected chi connectivity index (χ0v) is 17.0. The van der Waals surface area contributed by atoms with Crippen molar-refractivity contribution in [3.63, 3.8) is 0 Å². The molecule has 1 aromatic heterocycles. The molecule has 1 N–H and O–H groups in total. The van der Waals surface area contributed by atoms with Crippen molar-refractivity contribution in [2.45, 2.75) is 19.4 Å². The lowest BCUT2D eigenvalue weighted by Crippen LogP contribution is -2.28. The smallest absolute Gasteiger partial charge is 0.224 e. The van der Waals surface area contributed by atoms with Gasteiger partial charge in [-0.3, -0.25) is 4.79 Å². The van der Waals surface area contributed by atoms with Crippen LogP contribution in [0.4, 0.5) is 0 Å². The minimum absolute atomic E-state index is 0.0523. The Kier molecular flexibility index (Phi) is 5.34. The molecule has 2 heterocycles. The van der Waals surface area contributed by atoms with Crippen molar-refractivity contribution in [3.8, 4) is 17.2 Å². The van der Waals surface area contributed by atoms with Gasteiger partial charge in [-0.1, -0.05) is 28.1 Å². The monoisotopic (exact) mass is 441 g/mol. The van der Waals surface area contributed by atoms with Crippen LogP contribution in [0.1, 0.15) is 24.1 Å². The van der Waals surface area contributed by atoms with Gasteiger partial charge in [0, 0.05) is 22.6 Å². The summed E-state index contributed by atoms with van der Waals surface area (Å²) in [6.07, 6.45) is 5.65. The third-order valence-electron chi connectivity index (χ3n) is 4.64. The van der Waals surface area contributed by atoms with Gasteiger partial charge in [-0.25, -0.2) is 4.98 Å². The molecule has 0 saturated carbocycles. The number of nitrogens with zero attached hydrogens (tertiary/aromatic N) is 2. The molecule has 28 heavy (non-hydrogen) atoms. The zero-order chi connectivity index (χ0) is 19.5. The number of hydrogen-bond acceptors (Lipinski definition) is 4. The van der Waals surface area contributed by atoms with Gasteiger partial charge in [-0.15, -0.1) is 0 Å². The molecule has 144 valence electrons. The number of hydrogen-bond donors (Lipinski definition) is 1. The standard InChI is InChI=1S/C21H20BrN3O3/c1-14(15-2-4-17(5-3-15)25-7-6-23-13-25)24-21(26)11-16-10-19-20(12-18(16)22)28-9-8-27-19/h2-7,10,12-14H,8-9,11H2,1H3,(H,24,26)/t14-/m0/s1. The lowest BCUT2D eigenvalue weighted by molar-refractivity contribution is -0.121. The average Bonchev–Trinajstić information content (AvgIpc) is 3.23. The highest BCUT2D eigenvalue weighted by atomic mass is 79.9. The highest BCUT2D eigenvalue weighted by Gasteiger charge is 2.17. The van der Waals surface area contributed by atoms with E-state index in [9.17, 15) is 4.79 Å². The van der Waals surface area contributed by atoms with Crippen LogP contribution in [0.5, 0.6) is 11.5 Å². The largest absolute Gasteiger partial charge is 0.486 e. The van der Waals surface area contributed by atoms with E-state index < -0.39 is 0 Å². The fourth-order valence-electron chi connectivity index (χ4n) is 3.14. The van der Waals surface area contributed by atoms with Crippen molar-refractivity contribution < 1.29 is 14.3 Å². The number of imidazole rings is 1. The zero-order valence-electron chi connectivity index (χ0n) is 15.4. The summed E-state index contributed by atoms with van der Waals surface area (Å²) in [5.74, 6) is 1.33. The number of halogens is 1. The van der Waals surface area contributed by atoms with Gasteiger partial charge in [0.25, 0.3) is 0 Å². The molecule has 0 bridgehead atoms. The lowest BCUT2D eigenvalue weighted by atomic mass is 10.1. The summed E-state index contributed by atoms with van der Waals surface area (Å²) >= 11 is 3.52. The van der Waals surface area contributed by atoms with Crippen LogP contribution in [0.25, 0.3) is 5.69 Å². The Balaban J connectivity index is 1.41. The topological polar surface area (TPSA) is 65.4 Å². The fourth-order valence-corrected chi connectivity index (χ4v) is 3.60. The van der Waals surface area contributed by atoms with E-state index in [1.54, 1.807) is 12.5 Å². The molecule has 1 aliphatic rings. The minimum Gasteiger partial charge on any atom is -0.486 e. The molecule has 0 fully saturated rings. The summed E-state index contributed by atoms with van der Waals surface area (Å²) < 4.78 is 13.9. The van der Waals surface area contributed by atoms with E-state index >= 15 is 0 Å². The second-order valence-electron chi connectivity index (χ2n) is 6.61. The van der Waals surface area contributed by atoms with Crippen molar-refractivity contribution in [3.05, 3.63) is 70.7 Å². The Morgan fingerprint density at radius 1 is 1.21 bits per heavy atom. The van der Waals surface area contributed by atoms with E-state index in [0.29, 0.717) is 24.7 Å². The Morgan fingerprint density at radius 2 is 1.93 bits per heavy atom. The first-order chi connectivity index (χ1) is 13.6. The van der Waals surface area contributed by atoms with Crippen LogP contribution in [0.2, 0.25) is 0 Å². The third-order valence-corrected chi connectivity index (χ3v) is 5.37. The Morgan fingerprint density at radius 3 is 2.61 bits per heavy atom. The van der Waals surface area contributed by atoms with Crippen LogP contribution >= 0.6 is 15.9 Å². The summed E-state index contributed by atoms with van der Waals surface area (Å²) in [6.45, 7) is 3.03. The molecule has 1 amide bonds. The second kappa shape index (κ2) is 8.06. The SMILES string of the molecule is C[C@H](NC(=O)Cc1cc2c(cc1Br)OCCO2)c1ccc(-n2ccnc2)cc1. The molecule has 0 aliphatic carbocycles. The van der Waals surface area contributed by atoms with Crippen LogP contribution in [0.3, 0.4) is 0 Å². The van der Waals surface area contributed by atoms with Crippen LogP contribution < -0.4 is 14.8 Å². The van der Waals surface area contributed by atoms with Crippen LogP contribution in [0.15, 0.2) is 59.6 Å². The average molecular weight is 442 g/mol. The van der Waals surface area contributed by atoms with Crippen molar-refractivity contribution in [2.24, 2.45) is 0 Å². The number of aromatic nitrogens is 2. The van der Waals surface area contributed by atoms with Gasteiger partial charge >= 0.3 is 0 Å². The number of rotatable bonds is 5. The maximum absolute atomic E-state index is 12.6. The van der Waals surface area contributed by atoms with E-state index in [4.69, 9.17) is 9.47 Å². The van der Waals surface area contributed by atoms with E-state index in [-0.39, 0.29) is 18.4 Å². The molecule has 4 rings (SSSR count). The molecular formula is C21H20BrN3O3. The number of carbonyl (C=O) groups excluding carboxylic acids is 1. The van der Waals surface area contributed by atoms with Crippen molar-refractivity contribution >= 4 is 21.8 Å². The minimum atomic E-state index is -0.0969. The lowest BCUT2D eigenvalue weighted by Gasteiger charge is -2.20. The summed E-state index contributed by atoms with van der Waals surface area (Å²) in [5, 5.41) is 3.06. The molecule has 0 unspecified atom stereocenters. The normalized spacial score (nSPS) is 13.8. The van der Waals surface area contributed by atoms with Gasteiger partial charge in [0.05, 0.1) is 18.8 Å². The van der Waals surface area contributed by atoms with Crippen molar-refractivity contribution in [1.29, 1.82) is 0 Å². The van der Waals surface area contributed by atoms with E-state index in [2.05, 4.69) is 26.2 Å². The van der Waals surface area contributed by atoms with E-state index in [1.807, 2.05) is 54.1 Å². The van der Waals surface area contributed by atoms with Crippen molar-refractivity contribution in [1.82, 2.24) is 14.9 Å². The van der Waals surface area contributed by atoms with Crippen molar-refractivity contribution in [2.75, 3.05) is 13.2 Å². The molecule has 3 aromatic rings. The highest BCUT2D eigenvalue weighted by Crippen LogP contribution is 2.35. The first-order valence-electron chi connectivity index (χ1n) is 9.06. The van der Waals surface area contributed by atoms with Gasteiger partial charge in [0.2, 0.25) is 5.91 Å². The molecular weight excluding hydrogens is 422 g/mol. The van der Waals surface area contributed by atoms with Crippen LogP contribution in [0, 0.1) is 0 Å². The summed E-state index contributed by atoms with van der Waals surface area (Å²) in [4.78, 5) is 16.6. The molecule has 0 saturated heterocycles. The van der Waals surface area contributed by atoms with E-state index in [1.165, 1.54) is 0 Å². The number of benzene rings is 2. The molecule has 0 radical (unpaired) electrons. The highest BCUT2D eigenvalue weighted by molar-refractivity contribution is 9.10. The van der Waals surface area contributed by atoms with Gasteiger partial charge in [0.1, 0.15) is 13.2 Å². The summed E-state index contributed by atoms with van der Waals surface area (Å²) in [7, 11) is 0. The van der Waals surface area contributed by atoms with Gasteiger partial charge in [-0.2, -0.15) is 0 Å². The number of fused-ring (bicyclic) bond motifs is 1. The Bertz CT molecular complexity index is 971. The first-order valence-corrected chi connectivity index (χ1v) is 9.85. The van der Waals surface area contributed by atoms with E-state index in [0.717, 1.165) is 21.3 Å². The molecule has 7 heteroatoms. The Labute approximate surface area is 171 Å². The van der Waals surface area contributed by atoms with Crippen LogP contribution in [-0.4, -0.2) is 28.7 Å². The maximum atomic E-state index is 12.6. The van der Waals surface area contributed by atoms with Gasteiger partial charge in [-0.05, 0) is 42.3 Å². The second-order valence-corrected chi connectivity index (χ2v) is 7.47. The predicted octanol–water partition coefficient (Wildman–Crippen LogP) is 3.83. The predicted molar refractivity (Wildman–Crippen MR) is 109 cm³/mol. The van der Waals surface area contributed by atoms with Gasteiger partial charge in [0.15, 0.2) is 11.5 Å². The van der Waals surface area contributed by atoms with Crippen LogP contribution in [-0.2, 0) is 11.2 Å². The quantitative estimate of drug-likeness (QED) is 0.653. The molecule has 2 aromatic carbocycles. The Hall–Kier alpha value is -2.80. The molecule has 6 nitrogen and oxygen atoms in total. The molecule has 1 aliphatic heterocycles. The summed E-state index contributed by atoms with van der Waals surface area (Å²) in [5.41, 5.74) is 2.93. The fraction of sp³-hybridized carbons (Fsp3) is 0.238. The van der Waals surface area contributed by atoms with Gasteiger partial charge < -0.3 is 19.4 Å². The first kappa shape index (κ1) is 18.6. The number of carbonyl (C=O) groups is 1. The molecule has 1 atom stereocenters. The number of nitrogens with one attached hydrogen (secondary N) is 1. The maximum Gasteiger partial charge on any atom is 0.224 e.